The van der Waals surface area contributed by atoms with Gasteiger partial charge in [0.25, 0.3) is 5.88 Å². The van der Waals surface area contributed by atoms with Crippen molar-refractivity contribution in [3.05, 3.63) is 57.2 Å². The molecule has 0 saturated heterocycles. The summed E-state index contributed by atoms with van der Waals surface area (Å²) in [6, 6.07) is 10.8. The second-order valence-electron chi connectivity index (χ2n) is 4.81. The molecule has 0 spiro atoms. The van der Waals surface area contributed by atoms with Gasteiger partial charge in [-0.3, -0.25) is 10.1 Å². The fraction of sp³-hybridized carbons (Fsp3) is 0.133. The highest BCUT2D eigenvalue weighted by atomic mass is 35.5. The molecule has 0 atom stereocenters. The van der Waals surface area contributed by atoms with E-state index in [2.05, 4.69) is 5.10 Å². The van der Waals surface area contributed by atoms with Crippen molar-refractivity contribution in [2.75, 3.05) is 0 Å². The normalized spacial score (nSPS) is 10.9. The van der Waals surface area contributed by atoms with Crippen LogP contribution in [0.25, 0.3) is 10.8 Å². The number of aryl methyl sites for hydroxylation is 2. The zero-order valence-corrected chi connectivity index (χ0v) is 12.7. The molecule has 6 nitrogen and oxygen atoms in total. The number of aromatic nitrogens is 2. The van der Waals surface area contributed by atoms with Gasteiger partial charge < -0.3 is 4.74 Å². The van der Waals surface area contributed by atoms with E-state index in [-0.39, 0.29) is 11.6 Å². The molecule has 3 aromatic rings. The number of nitro groups is 1. The summed E-state index contributed by atoms with van der Waals surface area (Å²) < 4.78 is 7.15. The van der Waals surface area contributed by atoms with E-state index >= 15 is 0 Å². The van der Waals surface area contributed by atoms with Crippen LogP contribution in [-0.2, 0) is 7.05 Å². The van der Waals surface area contributed by atoms with Gasteiger partial charge in [0, 0.05) is 22.8 Å². The summed E-state index contributed by atoms with van der Waals surface area (Å²) in [4.78, 5) is 10.7. The highest BCUT2D eigenvalue weighted by molar-refractivity contribution is 6.35. The Bertz CT molecular complexity index is 889. The summed E-state index contributed by atoms with van der Waals surface area (Å²) in [5.41, 5.74) is 0.169. The van der Waals surface area contributed by atoms with E-state index in [4.69, 9.17) is 16.3 Å². The Balaban J connectivity index is 2.16. The van der Waals surface area contributed by atoms with Gasteiger partial charge in [0.15, 0.2) is 0 Å². The Morgan fingerprint density at radius 1 is 1.23 bits per heavy atom. The third-order valence-corrected chi connectivity index (χ3v) is 3.69. The topological polar surface area (TPSA) is 70.2 Å². The predicted molar refractivity (Wildman–Crippen MR) is 83.6 cm³/mol. The minimum atomic E-state index is -0.490. The van der Waals surface area contributed by atoms with Crippen LogP contribution in [0.1, 0.15) is 5.69 Å². The molecular weight excluding hydrogens is 306 g/mol. The maximum atomic E-state index is 11.2. The molecule has 1 aromatic heterocycles. The summed E-state index contributed by atoms with van der Waals surface area (Å²) in [6.07, 6.45) is 0. The Hall–Kier alpha value is -2.60. The molecule has 0 radical (unpaired) electrons. The van der Waals surface area contributed by atoms with Crippen LogP contribution >= 0.6 is 11.6 Å². The van der Waals surface area contributed by atoms with Crippen LogP contribution < -0.4 is 4.74 Å². The summed E-state index contributed by atoms with van der Waals surface area (Å²) >= 11 is 6.17. The van der Waals surface area contributed by atoms with Crippen LogP contribution in [0.15, 0.2) is 36.4 Å². The van der Waals surface area contributed by atoms with Gasteiger partial charge in [-0.1, -0.05) is 35.9 Å². The van der Waals surface area contributed by atoms with Crippen molar-refractivity contribution < 1.29 is 9.66 Å². The maximum Gasteiger partial charge on any atom is 0.353 e. The van der Waals surface area contributed by atoms with E-state index in [9.17, 15) is 10.1 Å². The van der Waals surface area contributed by atoms with Gasteiger partial charge in [0.1, 0.15) is 11.4 Å². The fourth-order valence-corrected chi connectivity index (χ4v) is 2.61. The van der Waals surface area contributed by atoms with Crippen LogP contribution in [0.2, 0.25) is 5.02 Å². The van der Waals surface area contributed by atoms with Crippen molar-refractivity contribution in [2.24, 2.45) is 7.05 Å². The van der Waals surface area contributed by atoms with Crippen LogP contribution in [0, 0.1) is 17.0 Å². The first-order valence-electron chi connectivity index (χ1n) is 6.52. The second kappa shape index (κ2) is 5.31. The third kappa shape index (κ3) is 2.27. The molecule has 0 aliphatic rings. The summed E-state index contributed by atoms with van der Waals surface area (Å²) in [5.74, 6) is 0.584. The molecule has 2 aromatic carbocycles. The smallest absolute Gasteiger partial charge is 0.353 e. The Labute approximate surface area is 131 Å². The largest absolute Gasteiger partial charge is 0.433 e. The molecular formula is C15H12ClN3O3. The van der Waals surface area contributed by atoms with Gasteiger partial charge >= 0.3 is 5.69 Å². The molecule has 0 amide bonds. The number of ether oxygens (including phenoxy) is 1. The van der Waals surface area contributed by atoms with E-state index in [0.29, 0.717) is 16.5 Å². The van der Waals surface area contributed by atoms with Crippen molar-refractivity contribution >= 4 is 28.1 Å². The first-order valence-corrected chi connectivity index (χ1v) is 6.90. The lowest BCUT2D eigenvalue weighted by molar-refractivity contribution is -0.386. The molecule has 0 aliphatic heterocycles. The number of fused-ring (bicyclic) bond motifs is 1. The number of benzene rings is 2. The standard InChI is InChI=1S/C15H12ClN3O3/c1-9-14(19(20)21)15(18(2)17-9)22-13-8-7-12(16)10-5-3-4-6-11(10)13/h3-8H,1-2H3. The molecule has 0 saturated carbocycles. The number of hydrogen-bond donors (Lipinski definition) is 0. The number of rotatable bonds is 3. The number of nitrogens with zero attached hydrogens (tertiary/aromatic N) is 3. The zero-order chi connectivity index (χ0) is 15.9. The van der Waals surface area contributed by atoms with Crippen molar-refractivity contribution in [3.63, 3.8) is 0 Å². The quantitative estimate of drug-likeness (QED) is 0.535. The summed E-state index contributed by atoms with van der Waals surface area (Å²) in [6.45, 7) is 1.57. The average molecular weight is 318 g/mol. The van der Waals surface area contributed by atoms with Crippen molar-refractivity contribution in [2.45, 2.75) is 6.92 Å². The predicted octanol–water partition coefficient (Wildman–Crippen LogP) is 4.24. The first kappa shape index (κ1) is 14.3. The van der Waals surface area contributed by atoms with Gasteiger partial charge in [-0.25, -0.2) is 4.68 Å². The molecule has 22 heavy (non-hydrogen) atoms. The summed E-state index contributed by atoms with van der Waals surface area (Å²) in [5, 5.41) is 17.5. The van der Waals surface area contributed by atoms with Crippen LogP contribution in [-0.4, -0.2) is 14.7 Å². The van der Waals surface area contributed by atoms with Gasteiger partial charge in [-0.2, -0.15) is 5.10 Å². The van der Waals surface area contributed by atoms with Crippen molar-refractivity contribution in [1.29, 1.82) is 0 Å². The average Bonchev–Trinajstić information content (AvgIpc) is 2.76. The zero-order valence-electron chi connectivity index (χ0n) is 11.9. The molecule has 0 fully saturated rings. The molecule has 7 heteroatoms. The molecule has 0 unspecified atom stereocenters. The van der Waals surface area contributed by atoms with Gasteiger partial charge in [0.05, 0.1) is 4.92 Å². The molecule has 3 rings (SSSR count). The minimum absolute atomic E-state index is 0.0926. The van der Waals surface area contributed by atoms with Crippen LogP contribution in [0.3, 0.4) is 0 Å². The number of halogens is 1. The second-order valence-corrected chi connectivity index (χ2v) is 5.22. The summed E-state index contributed by atoms with van der Waals surface area (Å²) in [7, 11) is 1.60. The minimum Gasteiger partial charge on any atom is -0.433 e. The van der Waals surface area contributed by atoms with Crippen molar-refractivity contribution in [1.82, 2.24) is 9.78 Å². The SMILES string of the molecule is Cc1nn(C)c(Oc2ccc(Cl)c3ccccc23)c1[N+](=O)[O-]. The fourth-order valence-electron chi connectivity index (χ4n) is 2.38. The number of hydrogen-bond acceptors (Lipinski definition) is 4. The van der Waals surface area contributed by atoms with E-state index in [1.54, 1.807) is 26.1 Å². The van der Waals surface area contributed by atoms with Crippen LogP contribution in [0.4, 0.5) is 5.69 Å². The van der Waals surface area contributed by atoms with E-state index < -0.39 is 4.92 Å². The van der Waals surface area contributed by atoms with Gasteiger partial charge in [-0.15, -0.1) is 0 Å². The molecule has 0 aliphatic carbocycles. The monoisotopic (exact) mass is 317 g/mol. The highest BCUT2D eigenvalue weighted by Gasteiger charge is 2.26. The van der Waals surface area contributed by atoms with Crippen molar-refractivity contribution in [3.8, 4) is 11.6 Å². The Morgan fingerprint density at radius 2 is 1.91 bits per heavy atom. The molecule has 1 heterocycles. The maximum absolute atomic E-state index is 11.2. The molecule has 0 N–H and O–H groups in total. The van der Waals surface area contributed by atoms with Gasteiger partial charge in [-0.05, 0) is 19.1 Å². The third-order valence-electron chi connectivity index (χ3n) is 3.36. The first-order chi connectivity index (χ1) is 10.5. The van der Waals surface area contributed by atoms with E-state index in [1.165, 1.54) is 4.68 Å². The lowest BCUT2D eigenvalue weighted by Crippen LogP contribution is -1.98. The van der Waals surface area contributed by atoms with Crippen LogP contribution in [0.5, 0.6) is 11.6 Å². The molecule has 112 valence electrons. The van der Waals surface area contributed by atoms with E-state index in [0.717, 1.165) is 10.8 Å². The Morgan fingerprint density at radius 3 is 2.59 bits per heavy atom. The highest BCUT2D eigenvalue weighted by Crippen LogP contribution is 2.38. The lowest BCUT2D eigenvalue weighted by atomic mass is 10.1. The van der Waals surface area contributed by atoms with E-state index in [1.807, 2.05) is 24.3 Å². The molecule has 0 bridgehead atoms. The lowest BCUT2D eigenvalue weighted by Gasteiger charge is -2.09. The Kier molecular flexibility index (Phi) is 3.46. The van der Waals surface area contributed by atoms with Gasteiger partial charge in [0.2, 0.25) is 0 Å².